The average Bonchev–Trinajstić information content (AvgIpc) is 3.04. The summed E-state index contributed by atoms with van der Waals surface area (Å²) in [5.74, 6) is 4.49. The molecule has 1 heterocycles. The number of hydrazine groups is 1. The van der Waals surface area contributed by atoms with Crippen molar-refractivity contribution in [3.8, 4) is 0 Å². The van der Waals surface area contributed by atoms with Crippen molar-refractivity contribution in [2.75, 3.05) is 0 Å². The number of amides is 1. The van der Waals surface area contributed by atoms with Crippen LogP contribution in [0, 0.1) is 0 Å². The maximum absolute atomic E-state index is 11.7. The summed E-state index contributed by atoms with van der Waals surface area (Å²) in [6.45, 7) is 0. The van der Waals surface area contributed by atoms with E-state index >= 15 is 0 Å². The van der Waals surface area contributed by atoms with Gasteiger partial charge in [-0.1, -0.05) is 6.07 Å². The zero-order valence-corrected chi connectivity index (χ0v) is 8.95. The largest absolute Gasteiger partial charge is 0.417 e. The van der Waals surface area contributed by atoms with E-state index in [1.807, 2.05) is 0 Å². The zero-order valence-electron chi connectivity index (χ0n) is 8.95. The maximum atomic E-state index is 11.7. The Balaban J connectivity index is 2.12. The third-order valence-electron chi connectivity index (χ3n) is 3.29. The normalized spacial score (nSPS) is 17.0. The van der Waals surface area contributed by atoms with E-state index in [1.54, 1.807) is 18.2 Å². The number of aromatic nitrogens is 1. The van der Waals surface area contributed by atoms with Gasteiger partial charge in [0.1, 0.15) is 0 Å². The number of hydrogen-bond acceptors (Lipinski definition) is 4. The van der Waals surface area contributed by atoms with Crippen LogP contribution in [-0.2, 0) is 10.2 Å². The van der Waals surface area contributed by atoms with Crippen molar-refractivity contribution in [1.29, 1.82) is 0 Å². The lowest BCUT2D eigenvalue weighted by Gasteiger charge is -2.13. The Hall–Kier alpha value is -2.08. The topological polar surface area (TPSA) is 101 Å². The molecule has 6 nitrogen and oxygen atoms in total. The van der Waals surface area contributed by atoms with Gasteiger partial charge in [0.15, 0.2) is 5.58 Å². The molecule has 0 saturated heterocycles. The number of hydrogen-bond donors (Lipinski definition) is 3. The summed E-state index contributed by atoms with van der Waals surface area (Å²) in [6.07, 6.45) is 1.53. The van der Waals surface area contributed by atoms with E-state index in [9.17, 15) is 9.59 Å². The molecule has 0 radical (unpaired) electrons. The Bertz CT molecular complexity index is 651. The molecule has 1 aliphatic rings. The Morgan fingerprint density at radius 1 is 1.47 bits per heavy atom. The maximum Gasteiger partial charge on any atom is 0.417 e. The number of carbonyl (C=O) groups is 1. The van der Waals surface area contributed by atoms with Gasteiger partial charge < -0.3 is 4.42 Å². The van der Waals surface area contributed by atoms with Crippen molar-refractivity contribution in [3.05, 3.63) is 34.3 Å². The molecule has 1 aromatic carbocycles. The molecule has 2 aromatic rings. The first-order valence-electron chi connectivity index (χ1n) is 5.30. The van der Waals surface area contributed by atoms with Crippen LogP contribution in [0.1, 0.15) is 18.4 Å². The van der Waals surface area contributed by atoms with Gasteiger partial charge in [0, 0.05) is 0 Å². The molecule has 3 rings (SSSR count). The molecule has 1 saturated carbocycles. The Labute approximate surface area is 95.8 Å². The second-order valence-electron chi connectivity index (χ2n) is 4.28. The molecular weight excluding hydrogens is 222 g/mol. The van der Waals surface area contributed by atoms with Gasteiger partial charge in [-0.05, 0) is 30.5 Å². The van der Waals surface area contributed by atoms with Crippen LogP contribution >= 0.6 is 0 Å². The quantitative estimate of drug-likeness (QED) is 0.390. The van der Waals surface area contributed by atoms with Gasteiger partial charge >= 0.3 is 5.76 Å². The summed E-state index contributed by atoms with van der Waals surface area (Å²) in [6, 6.07) is 5.25. The van der Waals surface area contributed by atoms with E-state index in [0.717, 1.165) is 18.4 Å². The lowest BCUT2D eigenvalue weighted by atomic mass is 9.95. The highest BCUT2D eigenvalue weighted by Gasteiger charge is 2.51. The number of H-pyrrole nitrogens is 1. The second kappa shape index (κ2) is 3.21. The van der Waals surface area contributed by atoms with Crippen LogP contribution in [0.15, 0.2) is 27.4 Å². The molecular formula is C11H11N3O3. The Morgan fingerprint density at radius 2 is 2.24 bits per heavy atom. The lowest BCUT2D eigenvalue weighted by molar-refractivity contribution is -0.123. The van der Waals surface area contributed by atoms with E-state index in [4.69, 9.17) is 10.3 Å². The van der Waals surface area contributed by atoms with Crippen LogP contribution in [0.25, 0.3) is 11.1 Å². The van der Waals surface area contributed by atoms with Gasteiger partial charge in [-0.25, -0.2) is 10.6 Å². The van der Waals surface area contributed by atoms with Crippen LogP contribution in [0.5, 0.6) is 0 Å². The fourth-order valence-corrected chi connectivity index (χ4v) is 2.16. The van der Waals surface area contributed by atoms with Crippen LogP contribution in [-0.4, -0.2) is 10.9 Å². The Kier molecular flexibility index (Phi) is 1.90. The van der Waals surface area contributed by atoms with Crippen molar-refractivity contribution >= 4 is 17.0 Å². The van der Waals surface area contributed by atoms with Gasteiger partial charge in [0.25, 0.3) is 0 Å². The lowest BCUT2D eigenvalue weighted by Crippen LogP contribution is -2.39. The van der Waals surface area contributed by atoms with Crippen molar-refractivity contribution in [1.82, 2.24) is 10.4 Å². The number of rotatable bonds is 2. The fraction of sp³-hybridized carbons (Fsp3) is 0.273. The molecule has 1 fully saturated rings. The number of benzene rings is 1. The number of oxazole rings is 1. The van der Waals surface area contributed by atoms with Gasteiger partial charge in [0.2, 0.25) is 5.91 Å². The molecule has 88 valence electrons. The summed E-state index contributed by atoms with van der Waals surface area (Å²) in [5, 5.41) is 0. The van der Waals surface area contributed by atoms with Crippen molar-refractivity contribution in [3.63, 3.8) is 0 Å². The third kappa shape index (κ3) is 1.38. The number of fused-ring (bicyclic) bond motifs is 1. The molecule has 0 atom stereocenters. The second-order valence-corrected chi connectivity index (χ2v) is 4.28. The van der Waals surface area contributed by atoms with E-state index < -0.39 is 11.2 Å². The number of nitrogens with one attached hydrogen (secondary N) is 2. The Morgan fingerprint density at radius 3 is 2.88 bits per heavy atom. The molecule has 0 unspecified atom stereocenters. The first kappa shape index (κ1) is 10.1. The molecule has 6 heteroatoms. The van der Waals surface area contributed by atoms with Crippen molar-refractivity contribution < 1.29 is 9.21 Å². The molecule has 4 N–H and O–H groups in total. The smallest absolute Gasteiger partial charge is 0.408 e. The van der Waals surface area contributed by atoms with Crippen LogP contribution < -0.4 is 17.0 Å². The molecule has 1 aliphatic carbocycles. The summed E-state index contributed by atoms with van der Waals surface area (Å²) < 4.78 is 4.91. The first-order valence-corrected chi connectivity index (χ1v) is 5.30. The highest BCUT2D eigenvalue weighted by atomic mass is 16.4. The minimum Gasteiger partial charge on any atom is -0.408 e. The molecule has 17 heavy (non-hydrogen) atoms. The monoisotopic (exact) mass is 233 g/mol. The van der Waals surface area contributed by atoms with Gasteiger partial charge in [-0.2, -0.15) is 0 Å². The predicted molar refractivity (Wildman–Crippen MR) is 60.1 cm³/mol. The van der Waals surface area contributed by atoms with Crippen LogP contribution in [0.2, 0.25) is 0 Å². The number of aromatic amines is 1. The highest BCUT2D eigenvalue weighted by Crippen LogP contribution is 2.48. The first-order chi connectivity index (χ1) is 8.15. The van der Waals surface area contributed by atoms with E-state index in [2.05, 4.69) is 10.4 Å². The minimum atomic E-state index is -0.531. The average molecular weight is 233 g/mol. The zero-order chi connectivity index (χ0) is 12.0. The van der Waals surface area contributed by atoms with Crippen molar-refractivity contribution in [2.45, 2.75) is 18.3 Å². The molecule has 0 aliphatic heterocycles. The minimum absolute atomic E-state index is 0.192. The summed E-state index contributed by atoms with van der Waals surface area (Å²) in [4.78, 5) is 25.3. The number of carbonyl (C=O) groups excluding carboxylic acids is 1. The van der Waals surface area contributed by atoms with Gasteiger partial charge in [0.05, 0.1) is 10.9 Å². The van der Waals surface area contributed by atoms with E-state index in [-0.39, 0.29) is 5.91 Å². The van der Waals surface area contributed by atoms with E-state index in [0.29, 0.717) is 11.1 Å². The summed E-state index contributed by atoms with van der Waals surface area (Å²) >= 11 is 0. The summed E-state index contributed by atoms with van der Waals surface area (Å²) in [5.41, 5.74) is 3.60. The van der Waals surface area contributed by atoms with Gasteiger partial charge in [-0.15, -0.1) is 0 Å². The predicted octanol–water partition coefficient (Wildman–Crippen LogP) is 0.143. The number of nitrogens with two attached hydrogens (primary N) is 1. The molecule has 0 bridgehead atoms. The molecule has 1 aromatic heterocycles. The molecule has 0 spiro atoms. The highest BCUT2D eigenvalue weighted by molar-refractivity contribution is 5.92. The SMILES string of the molecule is NNC(=O)C1(c2ccc3oc(=O)[nH]c3c2)CC1. The van der Waals surface area contributed by atoms with Crippen LogP contribution in [0.4, 0.5) is 0 Å². The van der Waals surface area contributed by atoms with Gasteiger partial charge in [-0.3, -0.25) is 15.2 Å². The standard InChI is InChI=1S/C11H11N3O3/c12-14-9(15)11(3-4-11)6-1-2-8-7(5-6)13-10(16)17-8/h1-2,5H,3-4,12H2,(H,13,16)(H,14,15). The molecule has 1 amide bonds. The van der Waals surface area contributed by atoms with Crippen LogP contribution in [0.3, 0.4) is 0 Å². The van der Waals surface area contributed by atoms with Crippen molar-refractivity contribution in [2.24, 2.45) is 5.84 Å². The van der Waals surface area contributed by atoms with E-state index in [1.165, 1.54) is 0 Å². The summed E-state index contributed by atoms with van der Waals surface area (Å²) in [7, 11) is 0. The fourth-order valence-electron chi connectivity index (χ4n) is 2.16. The third-order valence-corrected chi connectivity index (χ3v) is 3.29.